The van der Waals surface area contributed by atoms with Gasteiger partial charge in [-0.05, 0) is 43.4 Å². The van der Waals surface area contributed by atoms with E-state index in [4.69, 9.17) is 4.74 Å². The molecule has 28 heavy (non-hydrogen) atoms. The van der Waals surface area contributed by atoms with Crippen molar-refractivity contribution in [3.63, 3.8) is 0 Å². The first-order chi connectivity index (χ1) is 13.2. The van der Waals surface area contributed by atoms with E-state index in [9.17, 15) is 4.79 Å². The van der Waals surface area contributed by atoms with Crippen molar-refractivity contribution in [1.82, 2.24) is 20.1 Å². The first kappa shape index (κ1) is 22.9. The predicted octanol–water partition coefficient (Wildman–Crippen LogP) is 1.70. The first-order valence-corrected chi connectivity index (χ1v) is 9.90. The number of piperidine rings is 1. The van der Waals surface area contributed by atoms with Gasteiger partial charge in [-0.2, -0.15) is 0 Å². The molecule has 156 valence electrons. The Bertz CT molecular complexity index is 656. The zero-order valence-electron chi connectivity index (χ0n) is 16.9. The van der Waals surface area contributed by atoms with E-state index in [1.807, 2.05) is 24.3 Å². The number of hydrogen-bond donors (Lipinski definition) is 1. The average molecular weight is 501 g/mol. The van der Waals surface area contributed by atoms with E-state index in [0.29, 0.717) is 19.1 Å². The van der Waals surface area contributed by atoms with E-state index >= 15 is 0 Å². The quantitative estimate of drug-likeness (QED) is 0.387. The zero-order chi connectivity index (χ0) is 19.1. The molecule has 0 saturated carbocycles. The molecule has 3 rings (SSSR count). The van der Waals surface area contributed by atoms with Gasteiger partial charge in [-0.1, -0.05) is 0 Å². The number of nitrogens with zero attached hydrogens (tertiary/aromatic N) is 4. The summed E-state index contributed by atoms with van der Waals surface area (Å²) in [5.74, 6) is 1.37. The molecule has 2 aliphatic heterocycles. The number of nitrogens with one attached hydrogen (secondary N) is 1. The summed E-state index contributed by atoms with van der Waals surface area (Å²) in [5, 5.41) is 3.47. The van der Waals surface area contributed by atoms with E-state index in [1.54, 1.807) is 0 Å². The molecule has 0 radical (unpaired) electrons. The second kappa shape index (κ2) is 11.5. The number of likely N-dealkylation sites (tertiary alicyclic amines) is 1. The number of carbonyl (C=O) groups excluding carboxylic acids is 1. The molecule has 1 aromatic rings. The Morgan fingerprint density at radius 1 is 1.25 bits per heavy atom. The smallest absolute Gasteiger partial charge is 0.225 e. The number of pyridine rings is 1. The molecule has 2 aliphatic rings. The summed E-state index contributed by atoms with van der Waals surface area (Å²) in [6, 6.07) is 2.07. The minimum atomic E-state index is 0. The first-order valence-electron chi connectivity index (χ1n) is 9.90. The van der Waals surface area contributed by atoms with Crippen molar-refractivity contribution in [1.29, 1.82) is 0 Å². The summed E-state index contributed by atoms with van der Waals surface area (Å²) in [7, 11) is 1.82. The van der Waals surface area contributed by atoms with E-state index in [2.05, 4.69) is 33.2 Å². The number of amides is 1. The fourth-order valence-corrected chi connectivity index (χ4v) is 3.80. The van der Waals surface area contributed by atoms with Crippen LogP contribution in [0, 0.1) is 12.8 Å². The van der Waals surface area contributed by atoms with Crippen molar-refractivity contribution < 1.29 is 9.53 Å². The summed E-state index contributed by atoms with van der Waals surface area (Å²) in [6.07, 6.45) is 6.47. The maximum absolute atomic E-state index is 12.7. The van der Waals surface area contributed by atoms with Crippen LogP contribution in [0.25, 0.3) is 0 Å². The molecular formula is C20H32IN5O2. The third-order valence-corrected chi connectivity index (χ3v) is 5.49. The third-order valence-electron chi connectivity index (χ3n) is 5.49. The Hall–Kier alpha value is -1.42. The molecule has 0 unspecified atom stereocenters. The topological polar surface area (TPSA) is 70.1 Å². The van der Waals surface area contributed by atoms with Crippen LogP contribution in [0.5, 0.6) is 0 Å². The van der Waals surface area contributed by atoms with E-state index < -0.39 is 0 Å². The van der Waals surface area contributed by atoms with Crippen LogP contribution in [0.1, 0.15) is 24.0 Å². The van der Waals surface area contributed by atoms with E-state index in [-0.39, 0.29) is 29.9 Å². The highest BCUT2D eigenvalue weighted by Gasteiger charge is 2.30. The molecule has 8 heteroatoms. The average Bonchev–Trinajstić information content (AvgIpc) is 2.73. The van der Waals surface area contributed by atoms with Crippen LogP contribution in [-0.4, -0.2) is 79.6 Å². The Kier molecular flexibility index (Phi) is 9.43. The number of aliphatic imine (C=N–C) groups is 1. The van der Waals surface area contributed by atoms with Crippen LogP contribution in [-0.2, 0) is 16.0 Å². The highest BCUT2D eigenvalue weighted by molar-refractivity contribution is 14.0. The van der Waals surface area contributed by atoms with Gasteiger partial charge >= 0.3 is 0 Å². The second-order valence-corrected chi connectivity index (χ2v) is 7.23. The number of morpholine rings is 1. The van der Waals surface area contributed by atoms with E-state index in [1.165, 1.54) is 11.1 Å². The molecule has 0 aromatic carbocycles. The van der Waals surface area contributed by atoms with Crippen LogP contribution >= 0.6 is 24.0 Å². The number of hydrogen-bond acceptors (Lipinski definition) is 4. The lowest BCUT2D eigenvalue weighted by Gasteiger charge is -2.36. The van der Waals surface area contributed by atoms with Crippen molar-refractivity contribution in [2.24, 2.45) is 10.9 Å². The summed E-state index contributed by atoms with van der Waals surface area (Å²) in [4.78, 5) is 25.5. The lowest BCUT2D eigenvalue weighted by molar-refractivity contribution is -0.140. The Morgan fingerprint density at radius 3 is 2.61 bits per heavy atom. The number of aryl methyl sites for hydroxylation is 1. The number of ether oxygens (including phenoxy) is 1. The molecule has 0 aliphatic carbocycles. The number of carbonyl (C=O) groups is 1. The highest BCUT2D eigenvalue weighted by Crippen LogP contribution is 2.20. The van der Waals surface area contributed by atoms with Gasteiger partial charge in [0.1, 0.15) is 0 Å². The minimum absolute atomic E-state index is 0. The molecule has 0 spiro atoms. The molecule has 0 bridgehead atoms. The van der Waals surface area contributed by atoms with Crippen molar-refractivity contribution in [2.75, 3.05) is 53.0 Å². The SMILES string of the molecule is CN=C(NCCc1ccncc1C)N1CCC(C(=O)N2CCOCC2)CC1.I. The third kappa shape index (κ3) is 6.04. The van der Waals surface area contributed by atoms with Crippen molar-refractivity contribution in [2.45, 2.75) is 26.2 Å². The van der Waals surface area contributed by atoms with Gasteiger partial charge < -0.3 is 19.9 Å². The lowest BCUT2D eigenvalue weighted by atomic mass is 9.95. The van der Waals surface area contributed by atoms with Gasteiger partial charge in [-0.3, -0.25) is 14.8 Å². The summed E-state index contributed by atoms with van der Waals surface area (Å²) in [5.41, 5.74) is 2.53. The molecule has 1 aromatic heterocycles. The second-order valence-electron chi connectivity index (χ2n) is 7.23. The van der Waals surface area contributed by atoms with E-state index in [0.717, 1.165) is 57.9 Å². The van der Waals surface area contributed by atoms with Crippen LogP contribution < -0.4 is 5.32 Å². The maximum atomic E-state index is 12.7. The maximum Gasteiger partial charge on any atom is 0.225 e. The molecule has 3 heterocycles. The monoisotopic (exact) mass is 501 g/mol. The van der Waals surface area contributed by atoms with Crippen LogP contribution in [0.3, 0.4) is 0 Å². The molecule has 0 atom stereocenters. The van der Waals surface area contributed by atoms with Crippen molar-refractivity contribution in [3.05, 3.63) is 29.6 Å². The molecule has 1 amide bonds. The molecular weight excluding hydrogens is 469 g/mol. The number of aromatic nitrogens is 1. The normalized spacial score (nSPS) is 18.6. The summed E-state index contributed by atoms with van der Waals surface area (Å²) < 4.78 is 5.35. The molecule has 7 nitrogen and oxygen atoms in total. The number of halogens is 1. The van der Waals surface area contributed by atoms with Crippen LogP contribution in [0.2, 0.25) is 0 Å². The fourth-order valence-electron chi connectivity index (χ4n) is 3.80. The molecule has 2 saturated heterocycles. The predicted molar refractivity (Wildman–Crippen MR) is 121 cm³/mol. The summed E-state index contributed by atoms with van der Waals surface area (Å²) >= 11 is 0. The largest absolute Gasteiger partial charge is 0.378 e. The number of guanidine groups is 1. The van der Waals surface area contributed by atoms with Crippen LogP contribution in [0.4, 0.5) is 0 Å². The van der Waals surface area contributed by atoms with Crippen molar-refractivity contribution >= 4 is 35.8 Å². The van der Waals surface area contributed by atoms with Gasteiger partial charge in [-0.15, -0.1) is 24.0 Å². The van der Waals surface area contributed by atoms with Gasteiger partial charge in [0.2, 0.25) is 5.91 Å². The number of rotatable bonds is 4. The fraction of sp³-hybridized carbons (Fsp3) is 0.650. The highest BCUT2D eigenvalue weighted by atomic mass is 127. The van der Waals surface area contributed by atoms with Gasteiger partial charge in [0.05, 0.1) is 13.2 Å². The molecule has 1 N–H and O–H groups in total. The van der Waals surface area contributed by atoms with Gasteiger partial charge in [0, 0.05) is 58.1 Å². The van der Waals surface area contributed by atoms with Gasteiger partial charge in [-0.25, -0.2) is 0 Å². The molecule has 2 fully saturated rings. The zero-order valence-corrected chi connectivity index (χ0v) is 19.2. The van der Waals surface area contributed by atoms with Gasteiger partial charge in [0.15, 0.2) is 5.96 Å². The van der Waals surface area contributed by atoms with Crippen molar-refractivity contribution in [3.8, 4) is 0 Å². The summed E-state index contributed by atoms with van der Waals surface area (Å²) in [6.45, 7) is 7.46. The Balaban J connectivity index is 0.00000280. The van der Waals surface area contributed by atoms with Crippen LogP contribution in [0.15, 0.2) is 23.5 Å². The lowest BCUT2D eigenvalue weighted by Crippen LogP contribution is -2.50. The van der Waals surface area contributed by atoms with Gasteiger partial charge in [0.25, 0.3) is 0 Å². The Labute approximate surface area is 184 Å². The minimum Gasteiger partial charge on any atom is -0.378 e. The standard InChI is InChI=1S/C20H31N5O2.HI/c1-16-15-22-7-3-17(16)4-8-23-20(21-2)25-9-5-18(6-10-25)19(26)24-11-13-27-14-12-24;/h3,7,15,18H,4-6,8-14H2,1-2H3,(H,21,23);1H. The Morgan fingerprint density at radius 2 is 1.96 bits per heavy atom.